The van der Waals surface area contributed by atoms with Gasteiger partial charge in [-0.2, -0.15) is 8.78 Å². The van der Waals surface area contributed by atoms with E-state index >= 15 is 0 Å². The Morgan fingerprint density at radius 2 is 2.21 bits per heavy atom. The molecule has 2 unspecified atom stereocenters. The maximum absolute atomic E-state index is 14.0. The molecule has 1 aromatic rings. The number of aryl methyl sites for hydroxylation is 1. The van der Waals surface area contributed by atoms with Crippen molar-refractivity contribution in [2.75, 3.05) is 6.54 Å². The molecule has 0 radical (unpaired) electrons. The van der Waals surface area contributed by atoms with Gasteiger partial charge in [0.25, 0.3) is 5.91 Å². The molecular weight excluding hydrogens is 396 g/mol. The molecule has 1 amide bonds. The molecule has 2 heterocycles. The van der Waals surface area contributed by atoms with E-state index in [4.69, 9.17) is 5.11 Å². The van der Waals surface area contributed by atoms with E-state index < -0.39 is 30.3 Å². The van der Waals surface area contributed by atoms with Crippen molar-refractivity contribution in [2.45, 2.75) is 64.3 Å². The first-order valence-electron chi connectivity index (χ1n) is 9.88. The Labute approximate surface area is 174 Å². The standard InChI is InChI=1S/C22H27F2NO3S/c1-3-4-5-8-16(2)9-6-10-17-15-22(23,24)21(28)25(17)14-7-11-18-12-13-19(29-18)20(26)27/h6,10,12-13,16-17H,3,7-9,11,14-15H2,1-2H3,(H,26,27)/b10-6+. The highest BCUT2D eigenvalue weighted by molar-refractivity contribution is 7.13. The number of hydrogen-bond acceptors (Lipinski definition) is 3. The minimum Gasteiger partial charge on any atom is -0.477 e. The van der Waals surface area contributed by atoms with Crippen LogP contribution in [0.2, 0.25) is 0 Å². The van der Waals surface area contributed by atoms with Crippen LogP contribution in [0.3, 0.4) is 0 Å². The first-order chi connectivity index (χ1) is 13.7. The maximum atomic E-state index is 14.0. The fourth-order valence-corrected chi connectivity index (χ4v) is 4.12. The first kappa shape index (κ1) is 23.1. The van der Waals surface area contributed by atoms with E-state index in [-0.39, 0.29) is 11.4 Å². The van der Waals surface area contributed by atoms with Crippen LogP contribution in [0, 0.1) is 17.8 Å². The number of thiophene rings is 1. The van der Waals surface area contributed by atoms with Crippen molar-refractivity contribution < 1.29 is 23.5 Å². The van der Waals surface area contributed by atoms with Gasteiger partial charge < -0.3 is 10.0 Å². The smallest absolute Gasteiger partial charge is 0.345 e. The summed E-state index contributed by atoms with van der Waals surface area (Å²) >= 11 is 1.17. The second-order valence-electron chi connectivity index (χ2n) is 7.33. The van der Waals surface area contributed by atoms with E-state index in [1.807, 2.05) is 13.0 Å². The lowest BCUT2D eigenvalue weighted by molar-refractivity contribution is -0.148. The summed E-state index contributed by atoms with van der Waals surface area (Å²) in [7, 11) is 0. The highest BCUT2D eigenvalue weighted by Crippen LogP contribution is 2.34. The third-order valence-corrected chi connectivity index (χ3v) is 5.92. The van der Waals surface area contributed by atoms with Crippen LogP contribution in [0.5, 0.6) is 0 Å². The number of alkyl halides is 2. The van der Waals surface area contributed by atoms with E-state index in [1.54, 1.807) is 12.1 Å². The molecule has 1 aromatic heterocycles. The molecule has 2 rings (SSSR count). The largest absolute Gasteiger partial charge is 0.477 e. The van der Waals surface area contributed by atoms with Gasteiger partial charge in [-0.3, -0.25) is 4.79 Å². The Bertz CT molecular complexity index is 806. The summed E-state index contributed by atoms with van der Waals surface area (Å²) in [5.74, 6) is 1.02. The van der Waals surface area contributed by atoms with Crippen molar-refractivity contribution in [2.24, 2.45) is 5.92 Å². The number of carboxylic acids is 1. The van der Waals surface area contributed by atoms with E-state index in [9.17, 15) is 18.4 Å². The normalized spacial score (nSPS) is 19.4. The molecule has 4 nitrogen and oxygen atoms in total. The van der Waals surface area contributed by atoms with Crippen molar-refractivity contribution in [1.82, 2.24) is 4.90 Å². The number of halogens is 2. The van der Waals surface area contributed by atoms with Crippen LogP contribution in [0.1, 0.15) is 60.5 Å². The number of allylic oxidation sites excluding steroid dienone is 1. The number of amides is 1. The van der Waals surface area contributed by atoms with Crippen molar-refractivity contribution in [1.29, 1.82) is 0 Å². The van der Waals surface area contributed by atoms with Crippen molar-refractivity contribution >= 4 is 23.2 Å². The third-order valence-electron chi connectivity index (χ3n) is 4.78. The van der Waals surface area contributed by atoms with Gasteiger partial charge in [-0.05, 0) is 37.3 Å². The van der Waals surface area contributed by atoms with Gasteiger partial charge in [0, 0.05) is 30.7 Å². The molecule has 0 aromatic carbocycles. The Morgan fingerprint density at radius 3 is 2.86 bits per heavy atom. The maximum Gasteiger partial charge on any atom is 0.345 e. The lowest BCUT2D eigenvalue weighted by atomic mass is 10.0. The molecular formula is C22H27F2NO3S. The zero-order valence-electron chi connectivity index (χ0n) is 16.8. The molecule has 158 valence electrons. The molecule has 0 bridgehead atoms. The van der Waals surface area contributed by atoms with Gasteiger partial charge in [0.1, 0.15) is 4.88 Å². The van der Waals surface area contributed by atoms with E-state index in [2.05, 4.69) is 18.8 Å². The minimum atomic E-state index is -3.33. The summed E-state index contributed by atoms with van der Waals surface area (Å²) in [4.78, 5) is 25.4. The summed E-state index contributed by atoms with van der Waals surface area (Å²) in [6.45, 7) is 4.28. The fraction of sp³-hybridized carbons (Fsp3) is 0.545. The Morgan fingerprint density at radius 1 is 1.45 bits per heavy atom. The van der Waals surface area contributed by atoms with Gasteiger partial charge in [0.2, 0.25) is 0 Å². The molecule has 1 N–H and O–H groups in total. The van der Waals surface area contributed by atoms with Crippen LogP contribution in [-0.2, 0) is 11.2 Å². The predicted octanol–water partition coefficient (Wildman–Crippen LogP) is 5.00. The number of likely N-dealkylation sites (tertiary alicyclic amines) is 1. The fourth-order valence-electron chi connectivity index (χ4n) is 3.23. The highest BCUT2D eigenvalue weighted by atomic mass is 32.1. The monoisotopic (exact) mass is 423 g/mol. The number of aromatic carboxylic acids is 1. The van der Waals surface area contributed by atoms with E-state index in [1.165, 1.54) is 22.3 Å². The lowest BCUT2D eigenvalue weighted by Crippen LogP contribution is -2.36. The molecule has 1 aliphatic heterocycles. The zero-order valence-corrected chi connectivity index (χ0v) is 17.6. The van der Waals surface area contributed by atoms with Gasteiger partial charge in [0.15, 0.2) is 0 Å². The number of rotatable bonds is 9. The summed E-state index contributed by atoms with van der Waals surface area (Å²) in [6, 6.07) is 2.66. The van der Waals surface area contributed by atoms with Crippen molar-refractivity contribution in [3.8, 4) is 11.8 Å². The number of nitrogens with zero attached hydrogens (tertiary/aromatic N) is 1. The summed E-state index contributed by atoms with van der Waals surface area (Å²) in [5.41, 5.74) is 0. The predicted molar refractivity (Wildman–Crippen MR) is 110 cm³/mol. The van der Waals surface area contributed by atoms with Gasteiger partial charge in [-0.1, -0.05) is 26.0 Å². The van der Waals surface area contributed by atoms with Crippen molar-refractivity contribution in [3.05, 3.63) is 34.0 Å². The SMILES string of the molecule is CCC#CCC(C)C/C=C/C1CC(F)(F)C(=O)N1CCCc1ccc(C(=O)O)s1. The average molecular weight is 424 g/mol. The summed E-state index contributed by atoms with van der Waals surface area (Å²) < 4.78 is 27.9. The highest BCUT2D eigenvalue weighted by Gasteiger charge is 2.52. The van der Waals surface area contributed by atoms with Crippen LogP contribution in [0.15, 0.2) is 24.3 Å². The van der Waals surface area contributed by atoms with Gasteiger partial charge in [-0.15, -0.1) is 23.2 Å². The minimum absolute atomic E-state index is 0.223. The topological polar surface area (TPSA) is 57.6 Å². The molecule has 7 heteroatoms. The Balaban J connectivity index is 1.91. The molecule has 1 saturated heterocycles. The van der Waals surface area contributed by atoms with Crippen LogP contribution < -0.4 is 0 Å². The quantitative estimate of drug-likeness (QED) is 0.449. The second kappa shape index (κ2) is 10.5. The van der Waals surface area contributed by atoms with Gasteiger partial charge in [-0.25, -0.2) is 4.79 Å². The van der Waals surface area contributed by atoms with E-state index in [0.717, 1.165) is 24.1 Å². The van der Waals surface area contributed by atoms with Gasteiger partial charge >= 0.3 is 11.9 Å². The van der Waals surface area contributed by atoms with Crippen LogP contribution >= 0.6 is 11.3 Å². The Hall–Kier alpha value is -2.20. The number of hydrogen-bond donors (Lipinski definition) is 1. The second-order valence-corrected chi connectivity index (χ2v) is 8.50. The molecule has 0 aliphatic carbocycles. The summed E-state index contributed by atoms with van der Waals surface area (Å²) in [6.07, 6.45) is 6.48. The van der Waals surface area contributed by atoms with Crippen LogP contribution in [-0.4, -0.2) is 40.4 Å². The number of carboxylic acid groups (broad SMARTS) is 1. The first-order valence-corrected chi connectivity index (χ1v) is 10.7. The number of carbonyl (C=O) groups is 2. The molecule has 0 saturated carbocycles. The Kier molecular flexibility index (Phi) is 8.39. The third kappa shape index (κ3) is 6.67. The molecule has 1 aliphatic rings. The number of carbonyl (C=O) groups excluding carboxylic acids is 1. The zero-order chi connectivity index (χ0) is 21.4. The average Bonchev–Trinajstić information content (AvgIpc) is 3.20. The molecule has 1 fully saturated rings. The van der Waals surface area contributed by atoms with Crippen LogP contribution in [0.25, 0.3) is 0 Å². The van der Waals surface area contributed by atoms with Gasteiger partial charge in [0.05, 0.1) is 6.04 Å². The lowest BCUT2D eigenvalue weighted by Gasteiger charge is -2.21. The molecule has 0 spiro atoms. The molecule has 29 heavy (non-hydrogen) atoms. The van der Waals surface area contributed by atoms with E-state index in [0.29, 0.717) is 18.8 Å². The summed E-state index contributed by atoms with van der Waals surface area (Å²) in [5, 5.41) is 8.96. The molecule has 2 atom stereocenters. The van der Waals surface area contributed by atoms with Crippen LogP contribution in [0.4, 0.5) is 8.78 Å². The van der Waals surface area contributed by atoms with Crippen molar-refractivity contribution in [3.63, 3.8) is 0 Å².